The number of hydrogen-bond acceptors (Lipinski definition) is 3. The van der Waals surface area contributed by atoms with Gasteiger partial charge in [0.1, 0.15) is 11.6 Å². The smallest absolute Gasteiger partial charge is 0.149 e. The van der Waals surface area contributed by atoms with Crippen LogP contribution in [0.5, 0.6) is 0 Å². The van der Waals surface area contributed by atoms with Gasteiger partial charge in [-0.25, -0.2) is 4.39 Å². The minimum Gasteiger partial charge on any atom is -0.385 e. The van der Waals surface area contributed by atoms with E-state index in [1.807, 2.05) is 0 Å². The van der Waals surface area contributed by atoms with Crippen LogP contribution in [0.15, 0.2) is 24.4 Å². The first-order valence-electron chi connectivity index (χ1n) is 6.97. The first-order valence-corrected chi connectivity index (χ1v) is 7.35. The summed E-state index contributed by atoms with van der Waals surface area (Å²) in [4.78, 5) is 0. The Labute approximate surface area is 127 Å². The molecule has 0 bridgehead atoms. The molecular weight excluding hydrogens is 293 g/mol. The predicted molar refractivity (Wildman–Crippen MR) is 80.3 cm³/mol. The average molecular weight is 310 g/mol. The van der Waals surface area contributed by atoms with Crippen molar-refractivity contribution < 1.29 is 9.50 Å². The number of aromatic nitrogens is 2. The molecule has 21 heavy (non-hydrogen) atoms. The van der Waals surface area contributed by atoms with Crippen molar-refractivity contribution in [2.24, 2.45) is 7.05 Å². The van der Waals surface area contributed by atoms with Gasteiger partial charge in [0.05, 0.1) is 16.8 Å². The molecule has 0 aliphatic heterocycles. The summed E-state index contributed by atoms with van der Waals surface area (Å²) in [6.45, 7) is 0. The lowest BCUT2D eigenvalue weighted by Crippen LogP contribution is -2.24. The third-order valence-electron chi connectivity index (χ3n) is 4.07. The van der Waals surface area contributed by atoms with Crippen LogP contribution < -0.4 is 5.32 Å². The molecule has 3 rings (SSSR count). The highest BCUT2D eigenvalue weighted by atomic mass is 35.5. The maximum absolute atomic E-state index is 14.5. The molecular formula is C15H17ClFN3O. The van der Waals surface area contributed by atoms with E-state index >= 15 is 0 Å². The Hall–Kier alpha value is -1.59. The van der Waals surface area contributed by atoms with Crippen LogP contribution in [-0.4, -0.2) is 14.9 Å². The van der Waals surface area contributed by atoms with Gasteiger partial charge in [0, 0.05) is 24.4 Å². The fraction of sp³-hybridized carbons (Fsp3) is 0.400. The molecule has 1 fully saturated rings. The third-order valence-corrected chi connectivity index (χ3v) is 4.37. The summed E-state index contributed by atoms with van der Waals surface area (Å²) in [5, 5.41) is 18.0. The summed E-state index contributed by atoms with van der Waals surface area (Å²) in [7, 11) is 1.79. The predicted octanol–water partition coefficient (Wildman–Crippen LogP) is 3.72. The van der Waals surface area contributed by atoms with E-state index < -0.39 is 11.4 Å². The van der Waals surface area contributed by atoms with Gasteiger partial charge in [-0.15, -0.1) is 0 Å². The lowest BCUT2D eigenvalue weighted by Gasteiger charge is -2.27. The number of anilines is 2. The number of nitrogens with zero attached hydrogens (tertiary/aromatic N) is 2. The molecule has 1 aliphatic rings. The summed E-state index contributed by atoms with van der Waals surface area (Å²) >= 11 is 5.91. The molecule has 6 heteroatoms. The second-order valence-electron chi connectivity index (χ2n) is 5.49. The Bertz CT molecular complexity index is 665. The fourth-order valence-electron chi connectivity index (χ4n) is 2.95. The largest absolute Gasteiger partial charge is 0.385 e. The highest BCUT2D eigenvalue weighted by molar-refractivity contribution is 6.30. The van der Waals surface area contributed by atoms with E-state index in [1.54, 1.807) is 30.1 Å². The Kier molecular flexibility index (Phi) is 3.63. The van der Waals surface area contributed by atoms with Crippen LogP contribution in [-0.2, 0) is 12.6 Å². The number of aliphatic hydroxyl groups is 1. The van der Waals surface area contributed by atoms with Gasteiger partial charge in [0.2, 0.25) is 0 Å². The quantitative estimate of drug-likeness (QED) is 0.908. The molecule has 0 spiro atoms. The molecule has 0 atom stereocenters. The molecule has 0 unspecified atom stereocenters. The topological polar surface area (TPSA) is 50.1 Å². The molecule has 1 aromatic carbocycles. The second-order valence-corrected chi connectivity index (χ2v) is 5.89. The molecule has 0 amide bonds. The SMILES string of the molecule is Cn1nccc1Nc1ccc(Cl)c(F)c1C1(O)CCCC1. The van der Waals surface area contributed by atoms with Gasteiger partial charge in [0.25, 0.3) is 0 Å². The fourth-order valence-corrected chi connectivity index (χ4v) is 3.11. The van der Waals surface area contributed by atoms with Gasteiger partial charge in [-0.05, 0) is 25.0 Å². The minimum atomic E-state index is -1.16. The number of rotatable bonds is 3. The van der Waals surface area contributed by atoms with Gasteiger partial charge in [-0.1, -0.05) is 24.4 Å². The van der Waals surface area contributed by atoms with Crippen LogP contribution in [0.3, 0.4) is 0 Å². The number of benzene rings is 1. The molecule has 2 aromatic rings. The summed E-state index contributed by atoms with van der Waals surface area (Å²) in [5.74, 6) is 0.174. The molecule has 4 nitrogen and oxygen atoms in total. The van der Waals surface area contributed by atoms with E-state index in [0.29, 0.717) is 18.5 Å². The van der Waals surface area contributed by atoms with Crippen LogP contribution in [0.4, 0.5) is 15.9 Å². The normalized spacial score (nSPS) is 17.1. The molecule has 0 saturated heterocycles. The number of halogens is 2. The zero-order valence-corrected chi connectivity index (χ0v) is 12.5. The Morgan fingerprint density at radius 2 is 2.05 bits per heavy atom. The Balaban J connectivity index is 2.08. The number of nitrogens with one attached hydrogen (secondary N) is 1. The third kappa shape index (κ3) is 2.51. The summed E-state index contributed by atoms with van der Waals surface area (Å²) < 4.78 is 16.2. The summed E-state index contributed by atoms with van der Waals surface area (Å²) in [6.07, 6.45) is 4.51. The van der Waals surface area contributed by atoms with Crippen molar-refractivity contribution in [2.75, 3.05) is 5.32 Å². The molecule has 1 heterocycles. The van der Waals surface area contributed by atoms with Gasteiger partial charge in [-0.3, -0.25) is 4.68 Å². The van der Waals surface area contributed by atoms with Crippen LogP contribution >= 0.6 is 11.6 Å². The van der Waals surface area contributed by atoms with Crippen LogP contribution in [0.25, 0.3) is 0 Å². The highest BCUT2D eigenvalue weighted by Crippen LogP contribution is 2.44. The standard InChI is InChI=1S/C15H17ClFN3O/c1-20-12(6-9-18-20)19-11-5-4-10(16)14(17)13(11)15(21)7-2-3-8-15/h4-6,9,19,21H,2-3,7-8H2,1H3. The first kappa shape index (κ1) is 14.4. The van der Waals surface area contributed by atoms with Gasteiger partial charge >= 0.3 is 0 Å². The van der Waals surface area contributed by atoms with E-state index in [1.165, 1.54) is 6.07 Å². The van der Waals surface area contributed by atoms with Gasteiger partial charge < -0.3 is 10.4 Å². The zero-order chi connectivity index (χ0) is 15.0. The van der Waals surface area contributed by atoms with E-state index in [0.717, 1.165) is 18.7 Å². The lowest BCUT2D eigenvalue weighted by atomic mass is 9.90. The first-order chi connectivity index (χ1) is 10.0. The molecule has 2 N–H and O–H groups in total. The highest BCUT2D eigenvalue weighted by Gasteiger charge is 2.38. The summed E-state index contributed by atoms with van der Waals surface area (Å²) in [5.41, 5.74) is -0.366. The van der Waals surface area contributed by atoms with Crippen LogP contribution in [0.2, 0.25) is 5.02 Å². The molecule has 112 valence electrons. The van der Waals surface area contributed by atoms with E-state index in [4.69, 9.17) is 11.6 Å². The Morgan fingerprint density at radius 1 is 1.33 bits per heavy atom. The molecule has 0 radical (unpaired) electrons. The van der Waals surface area contributed by atoms with Gasteiger partial charge in [-0.2, -0.15) is 5.10 Å². The van der Waals surface area contributed by atoms with Crippen molar-refractivity contribution in [1.82, 2.24) is 9.78 Å². The second kappa shape index (κ2) is 5.31. The van der Waals surface area contributed by atoms with Crippen molar-refractivity contribution in [3.63, 3.8) is 0 Å². The molecule has 1 aliphatic carbocycles. The van der Waals surface area contributed by atoms with E-state index in [9.17, 15) is 9.50 Å². The van der Waals surface area contributed by atoms with Crippen LogP contribution in [0, 0.1) is 5.82 Å². The molecule has 1 aromatic heterocycles. The van der Waals surface area contributed by atoms with Crippen molar-refractivity contribution in [3.05, 3.63) is 40.8 Å². The molecule has 1 saturated carbocycles. The van der Waals surface area contributed by atoms with Crippen molar-refractivity contribution in [3.8, 4) is 0 Å². The van der Waals surface area contributed by atoms with Gasteiger partial charge in [0.15, 0.2) is 0 Å². The number of hydrogen-bond donors (Lipinski definition) is 2. The monoisotopic (exact) mass is 309 g/mol. The van der Waals surface area contributed by atoms with Crippen molar-refractivity contribution in [2.45, 2.75) is 31.3 Å². The minimum absolute atomic E-state index is 0.0286. The van der Waals surface area contributed by atoms with Crippen LogP contribution in [0.1, 0.15) is 31.2 Å². The van der Waals surface area contributed by atoms with Crippen molar-refractivity contribution >= 4 is 23.1 Å². The lowest BCUT2D eigenvalue weighted by molar-refractivity contribution is 0.0416. The number of aryl methyl sites for hydroxylation is 1. The van der Waals surface area contributed by atoms with E-state index in [-0.39, 0.29) is 10.6 Å². The summed E-state index contributed by atoms with van der Waals surface area (Å²) in [6, 6.07) is 4.98. The Morgan fingerprint density at radius 3 is 2.67 bits per heavy atom. The van der Waals surface area contributed by atoms with E-state index in [2.05, 4.69) is 10.4 Å². The average Bonchev–Trinajstić information content (AvgIpc) is 3.04. The maximum Gasteiger partial charge on any atom is 0.149 e. The zero-order valence-electron chi connectivity index (χ0n) is 11.7. The van der Waals surface area contributed by atoms with Crippen molar-refractivity contribution in [1.29, 1.82) is 0 Å². The maximum atomic E-state index is 14.5.